The largest absolute Gasteiger partial charge is 0.340 e. The zero-order valence-electron chi connectivity index (χ0n) is 11.3. The molecule has 5 heteroatoms. The minimum absolute atomic E-state index is 0.144. The number of hydrogen-bond donors (Lipinski definition) is 1. The smallest absolute Gasteiger partial charge is 0.223 e. The minimum Gasteiger partial charge on any atom is -0.340 e. The molecule has 100 valence electrons. The number of aromatic nitrogens is 3. The number of rotatable bonds is 4. The number of nitrogens with one attached hydrogen (secondary N) is 1. The van der Waals surface area contributed by atoms with E-state index in [1.54, 1.807) is 0 Å². The van der Waals surface area contributed by atoms with Crippen molar-refractivity contribution in [1.29, 1.82) is 0 Å². The van der Waals surface area contributed by atoms with Gasteiger partial charge in [0.25, 0.3) is 0 Å². The molecule has 2 heterocycles. The van der Waals surface area contributed by atoms with Crippen molar-refractivity contribution in [3.63, 3.8) is 0 Å². The monoisotopic (exact) mass is 258 g/mol. The van der Waals surface area contributed by atoms with Crippen LogP contribution >= 0.6 is 0 Å². The van der Waals surface area contributed by atoms with Crippen LogP contribution in [0.5, 0.6) is 0 Å². The quantitative estimate of drug-likeness (QED) is 0.912. The van der Waals surface area contributed by atoms with Gasteiger partial charge in [-0.1, -0.05) is 11.2 Å². The average Bonchev–Trinajstić information content (AvgIpc) is 2.81. The van der Waals surface area contributed by atoms with Gasteiger partial charge in [0.1, 0.15) is 0 Å². The highest BCUT2D eigenvalue weighted by molar-refractivity contribution is 5.15. The molecule has 1 saturated carbocycles. The first-order valence-corrected chi connectivity index (χ1v) is 6.69. The summed E-state index contributed by atoms with van der Waals surface area (Å²) in [4.78, 5) is 8.78. The van der Waals surface area contributed by atoms with Crippen LogP contribution in [0, 0.1) is 6.92 Å². The van der Waals surface area contributed by atoms with Crippen molar-refractivity contribution in [3.8, 4) is 0 Å². The van der Waals surface area contributed by atoms with E-state index in [2.05, 4.69) is 27.4 Å². The first-order chi connectivity index (χ1) is 9.20. The van der Waals surface area contributed by atoms with Gasteiger partial charge in [0, 0.05) is 19.2 Å². The van der Waals surface area contributed by atoms with E-state index < -0.39 is 0 Å². The van der Waals surface area contributed by atoms with Crippen LogP contribution in [0.3, 0.4) is 0 Å². The van der Waals surface area contributed by atoms with Crippen molar-refractivity contribution < 1.29 is 4.52 Å². The summed E-state index contributed by atoms with van der Waals surface area (Å²) in [5.41, 5.74) is 0.892. The molecule has 1 aliphatic carbocycles. The van der Waals surface area contributed by atoms with E-state index >= 15 is 0 Å². The predicted molar refractivity (Wildman–Crippen MR) is 70.4 cm³/mol. The molecule has 2 aromatic heterocycles. The Morgan fingerprint density at radius 3 is 2.74 bits per heavy atom. The van der Waals surface area contributed by atoms with Crippen molar-refractivity contribution in [2.75, 3.05) is 0 Å². The second-order valence-electron chi connectivity index (χ2n) is 5.19. The highest BCUT2D eigenvalue weighted by Crippen LogP contribution is 2.41. The second kappa shape index (κ2) is 4.74. The van der Waals surface area contributed by atoms with Gasteiger partial charge >= 0.3 is 0 Å². The lowest BCUT2D eigenvalue weighted by molar-refractivity contribution is 0.149. The van der Waals surface area contributed by atoms with Crippen molar-refractivity contribution in [2.24, 2.45) is 0 Å². The van der Waals surface area contributed by atoms with E-state index in [0.717, 1.165) is 24.4 Å². The van der Waals surface area contributed by atoms with Gasteiger partial charge in [0.2, 0.25) is 5.89 Å². The maximum atomic E-state index is 5.12. The normalized spacial score (nSPS) is 18.8. The van der Waals surface area contributed by atoms with E-state index in [4.69, 9.17) is 4.52 Å². The van der Waals surface area contributed by atoms with Crippen LogP contribution < -0.4 is 5.32 Å². The Labute approximate surface area is 112 Å². The summed E-state index contributed by atoms with van der Waals surface area (Å²) in [5, 5.41) is 7.72. The van der Waals surface area contributed by atoms with Crippen molar-refractivity contribution in [2.45, 2.75) is 44.7 Å². The molecule has 0 saturated heterocycles. The molecule has 0 aliphatic heterocycles. The second-order valence-corrected chi connectivity index (χ2v) is 5.19. The summed E-state index contributed by atoms with van der Waals surface area (Å²) < 4.78 is 5.12. The molecule has 1 fully saturated rings. The fourth-order valence-electron chi connectivity index (χ4n) is 2.58. The van der Waals surface area contributed by atoms with E-state index in [9.17, 15) is 0 Å². The third kappa shape index (κ3) is 2.26. The first-order valence-electron chi connectivity index (χ1n) is 6.69. The predicted octanol–water partition coefficient (Wildman–Crippen LogP) is 2.50. The van der Waals surface area contributed by atoms with Crippen LogP contribution in [0.4, 0.5) is 0 Å². The van der Waals surface area contributed by atoms with Gasteiger partial charge in [0.05, 0.1) is 11.2 Å². The Kier molecular flexibility index (Phi) is 3.06. The molecule has 0 bridgehead atoms. The van der Waals surface area contributed by atoms with E-state index in [1.165, 1.54) is 6.42 Å². The van der Waals surface area contributed by atoms with Crippen LogP contribution in [0.1, 0.15) is 49.6 Å². The molecule has 1 unspecified atom stereocenters. The molecule has 0 aromatic carbocycles. The maximum Gasteiger partial charge on any atom is 0.223 e. The lowest BCUT2D eigenvalue weighted by Gasteiger charge is -2.41. The summed E-state index contributed by atoms with van der Waals surface area (Å²) >= 11 is 0. The van der Waals surface area contributed by atoms with Gasteiger partial charge in [0.15, 0.2) is 5.82 Å². The molecule has 5 nitrogen and oxygen atoms in total. The van der Waals surface area contributed by atoms with Crippen molar-refractivity contribution in [3.05, 3.63) is 41.8 Å². The molecule has 19 heavy (non-hydrogen) atoms. The zero-order valence-corrected chi connectivity index (χ0v) is 11.3. The molecular formula is C14H18N4O. The molecule has 0 amide bonds. The van der Waals surface area contributed by atoms with Crippen LogP contribution in [-0.2, 0) is 5.54 Å². The molecule has 1 aliphatic rings. The summed E-state index contributed by atoms with van der Waals surface area (Å²) in [6.45, 7) is 3.94. The Morgan fingerprint density at radius 1 is 1.37 bits per heavy atom. The summed E-state index contributed by atoms with van der Waals surface area (Å²) in [6, 6.07) is 6.14. The fraction of sp³-hybridized carbons (Fsp3) is 0.500. The number of aryl methyl sites for hydroxylation is 1. The topological polar surface area (TPSA) is 63.8 Å². The standard InChI is InChI=1S/C14H18N4O/c1-10(12-6-3-4-9-15-12)17-14(7-5-8-14)13-16-11(2)19-18-13/h3-4,6,9-10,17H,5,7-8H2,1-2H3. The van der Waals surface area contributed by atoms with E-state index in [0.29, 0.717) is 5.89 Å². The SMILES string of the molecule is Cc1nc(C2(NC(C)c3ccccn3)CCC2)no1. The van der Waals surface area contributed by atoms with Gasteiger partial charge in [-0.25, -0.2) is 0 Å². The zero-order chi connectivity index (χ0) is 13.3. The number of nitrogens with zero attached hydrogens (tertiary/aromatic N) is 3. The van der Waals surface area contributed by atoms with Gasteiger partial charge in [-0.2, -0.15) is 4.98 Å². The molecule has 3 rings (SSSR count). The van der Waals surface area contributed by atoms with Gasteiger partial charge in [-0.15, -0.1) is 0 Å². The third-order valence-electron chi connectivity index (χ3n) is 3.79. The average molecular weight is 258 g/mol. The van der Waals surface area contributed by atoms with Gasteiger partial charge in [-0.05, 0) is 38.3 Å². The van der Waals surface area contributed by atoms with Crippen LogP contribution in [0.25, 0.3) is 0 Å². The molecular weight excluding hydrogens is 240 g/mol. The molecule has 0 spiro atoms. The highest BCUT2D eigenvalue weighted by Gasteiger charge is 2.43. The first kappa shape index (κ1) is 12.3. The van der Waals surface area contributed by atoms with Crippen LogP contribution in [0.2, 0.25) is 0 Å². The van der Waals surface area contributed by atoms with Crippen LogP contribution in [0.15, 0.2) is 28.9 Å². The fourth-order valence-corrected chi connectivity index (χ4v) is 2.58. The maximum absolute atomic E-state index is 5.12. The molecule has 0 radical (unpaired) electrons. The van der Waals surface area contributed by atoms with Crippen molar-refractivity contribution >= 4 is 0 Å². The third-order valence-corrected chi connectivity index (χ3v) is 3.79. The summed E-state index contributed by atoms with van der Waals surface area (Å²) in [7, 11) is 0. The lowest BCUT2D eigenvalue weighted by atomic mass is 9.75. The summed E-state index contributed by atoms with van der Waals surface area (Å²) in [6.07, 6.45) is 5.10. The van der Waals surface area contributed by atoms with E-state index in [1.807, 2.05) is 31.3 Å². The van der Waals surface area contributed by atoms with E-state index in [-0.39, 0.29) is 11.6 Å². The minimum atomic E-state index is -0.144. The Morgan fingerprint density at radius 2 is 2.21 bits per heavy atom. The summed E-state index contributed by atoms with van der Waals surface area (Å²) in [5.74, 6) is 1.40. The number of hydrogen-bond acceptors (Lipinski definition) is 5. The highest BCUT2D eigenvalue weighted by atomic mass is 16.5. The molecule has 1 atom stereocenters. The Bertz CT molecular complexity index is 548. The van der Waals surface area contributed by atoms with Crippen LogP contribution in [-0.4, -0.2) is 15.1 Å². The Hall–Kier alpha value is -1.75. The Balaban J connectivity index is 1.80. The van der Waals surface area contributed by atoms with Gasteiger partial charge < -0.3 is 4.52 Å². The number of pyridine rings is 1. The molecule has 1 N–H and O–H groups in total. The molecule has 2 aromatic rings. The van der Waals surface area contributed by atoms with Crippen molar-refractivity contribution in [1.82, 2.24) is 20.4 Å². The lowest BCUT2D eigenvalue weighted by Crippen LogP contribution is -2.50. The van der Waals surface area contributed by atoms with Gasteiger partial charge in [-0.3, -0.25) is 10.3 Å².